The lowest BCUT2D eigenvalue weighted by Gasteiger charge is -2.36. The fraction of sp³-hybridized carbons (Fsp3) is 0.440. The molecule has 2 aromatic rings. The number of rotatable bonds is 2. The molecule has 4 unspecified atom stereocenters. The molecule has 0 N–H and O–H groups in total. The molecular formula is C25H26N2O3. The van der Waals surface area contributed by atoms with Crippen LogP contribution in [0.25, 0.3) is 0 Å². The van der Waals surface area contributed by atoms with Crippen LogP contribution in [0.2, 0.25) is 0 Å². The molecule has 2 aliphatic heterocycles. The van der Waals surface area contributed by atoms with Gasteiger partial charge in [-0.05, 0) is 34.6 Å². The van der Waals surface area contributed by atoms with Crippen LogP contribution in [-0.2, 0) is 26.5 Å². The van der Waals surface area contributed by atoms with Crippen LogP contribution >= 0.6 is 0 Å². The Morgan fingerprint density at radius 2 is 1.83 bits per heavy atom. The second-order valence-corrected chi connectivity index (χ2v) is 9.82. The van der Waals surface area contributed by atoms with Gasteiger partial charge in [0, 0.05) is 24.6 Å². The van der Waals surface area contributed by atoms with Crippen LogP contribution in [0.4, 0.5) is 5.69 Å². The van der Waals surface area contributed by atoms with E-state index in [-0.39, 0.29) is 29.4 Å². The summed E-state index contributed by atoms with van der Waals surface area (Å²) in [4.78, 5) is 35.6. The maximum absolute atomic E-state index is 14.2. The number of ketones is 1. The molecule has 2 bridgehead atoms. The molecule has 154 valence electrons. The van der Waals surface area contributed by atoms with Gasteiger partial charge in [-0.25, -0.2) is 0 Å². The van der Waals surface area contributed by atoms with Gasteiger partial charge in [-0.1, -0.05) is 56.3 Å². The van der Waals surface area contributed by atoms with Gasteiger partial charge in [-0.2, -0.15) is 5.06 Å². The Kier molecular flexibility index (Phi) is 3.54. The quantitative estimate of drug-likeness (QED) is 0.770. The van der Waals surface area contributed by atoms with E-state index in [0.29, 0.717) is 13.2 Å². The number of carbonyl (C=O) groups is 2. The van der Waals surface area contributed by atoms with Crippen molar-refractivity contribution in [1.29, 1.82) is 0 Å². The number of hydrogen-bond acceptors (Lipinski definition) is 4. The Bertz CT molecular complexity index is 1080. The van der Waals surface area contributed by atoms with E-state index in [1.54, 1.807) is 4.90 Å². The number of hydrogen-bond donors (Lipinski definition) is 0. The summed E-state index contributed by atoms with van der Waals surface area (Å²) in [5.41, 5.74) is 2.83. The number of anilines is 1. The van der Waals surface area contributed by atoms with Crippen LogP contribution in [0.3, 0.4) is 0 Å². The smallest absolute Gasteiger partial charge is 0.234 e. The van der Waals surface area contributed by atoms with Crippen molar-refractivity contribution in [3.63, 3.8) is 0 Å². The van der Waals surface area contributed by atoms with Crippen LogP contribution in [0.1, 0.15) is 42.9 Å². The van der Waals surface area contributed by atoms with Gasteiger partial charge in [0.15, 0.2) is 5.78 Å². The minimum absolute atomic E-state index is 0.101. The molecule has 0 radical (unpaired) electrons. The van der Waals surface area contributed by atoms with E-state index in [1.165, 1.54) is 0 Å². The van der Waals surface area contributed by atoms with Gasteiger partial charge >= 0.3 is 0 Å². The Morgan fingerprint density at radius 3 is 2.60 bits per heavy atom. The molecule has 5 nitrogen and oxygen atoms in total. The van der Waals surface area contributed by atoms with Gasteiger partial charge in [-0.15, -0.1) is 0 Å². The maximum atomic E-state index is 14.2. The van der Waals surface area contributed by atoms with Crippen molar-refractivity contribution in [2.24, 2.45) is 17.3 Å². The fourth-order valence-corrected chi connectivity index (χ4v) is 6.68. The van der Waals surface area contributed by atoms with E-state index < -0.39 is 11.0 Å². The summed E-state index contributed by atoms with van der Waals surface area (Å²) in [7, 11) is 1.86. The Balaban J connectivity index is 1.61. The van der Waals surface area contributed by atoms with Crippen LogP contribution in [0.15, 0.2) is 48.5 Å². The summed E-state index contributed by atoms with van der Waals surface area (Å²) < 4.78 is 0. The lowest BCUT2D eigenvalue weighted by molar-refractivity contribution is -0.184. The standard InChI is InChI=1S/C25H26N2O3/c1-24(2)18-12-16-14-30-27(13-15-8-5-4-6-9-15)25(16,22(18)28)17-10-7-11-19-20(17)21(24)23(29)26(19)3/h4-11,16,18,21H,12-14H2,1-3H3. The molecule has 1 saturated heterocycles. The topological polar surface area (TPSA) is 49.9 Å². The third-order valence-corrected chi connectivity index (χ3v) is 8.16. The van der Waals surface area contributed by atoms with Gasteiger partial charge in [0.1, 0.15) is 5.54 Å². The summed E-state index contributed by atoms with van der Waals surface area (Å²) in [5.74, 6) is -0.0209. The van der Waals surface area contributed by atoms with Gasteiger partial charge in [-0.3, -0.25) is 14.4 Å². The van der Waals surface area contributed by atoms with Crippen molar-refractivity contribution >= 4 is 17.4 Å². The molecule has 4 atom stereocenters. The third-order valence-electron chi connectivity index (χ3n) is 8.16. The number of fused-ring (bicyclic) bond motifs is 1. The molecule has 30 heavy (non-hydrogen) atoms. The summed E-state index contributed by atoms with van der Waals surface area (Å²) in [5, 5.41) is 1.94. The Morgan fingerprint density at radius 1 is 1.07 bits per heavy atom. The van der Waals surface area contributed by atoms with Gasteiger partial charge < -0.3 is 4.90 Å². The summed E-state index contributed by atoms with van der Waals surface area (Å²) >= 11 is 0. The van der Waals surface area contributed by atoms with Crippen molar-refractivity contribution in [2.45, 2.75) is 38.3 Å². The van der Waals surface area contributed by atoms with Gasteiger partial charge in [0.05, 0.1) is 19.1 Å². The first-order valence-electron chi connectivity index (χ1n) is 10.8. The first-order valence-corrected chi connectivity index (χ1v) is 10.8. The number of benzene rings is 2. The van der Waals surface area contributed by atoms with Gasteiger partial charge in [0.25, 0.3) is 0 Å². The predicted molar refractivity (Wildman–Crippen MR) is 113 cm³/mol. The maximum Gasteiger partial charge on any atom is 0.234 e. The highest BCUT2D eigenvalue weighted by Crippen LogP contribution is 2.65. The molecule has 1 saturated carbocycles. The van der Waals surface area contributed by atoms with Crippen molar-refractivity contribution in [2.75, 3.05) is 18.6 Å². The number of Topliss-reactive ketones (excluding diaryl/α,β-unsaturated/α-hetero) is 1. The van der Waals surface area contributed by atoms with Crippen molar-refractivity contribution in [1.82, 2.24) is 5.06 Å². The molecule has 2 fully saturated rings. The number of nitrogens with zero attached hydrogens (tertiary/aromatic N) is 2. The van der Waals surface area contributed by atoms with Gasteiger partial charge in [0.2, 0.25) is 5.91 Å². The van der Waals surface area contributed by atoms with E-state index in [1.807, 2.05) is 42.4 Å². The molecule has 5 heteroatoms. The zero-order chi connectivity index (χ0) is 20.8. The van der Waals surface area contributed by atoms with Crippen molar-refractivity contribution < 1.29 is 14.4 Å². The molecule has 4 aliphatic rings. The number of carbonyl (C=O) groups excluding carboxylic acids is 2. The highest BCUT2D eigenvalue weighted by Gasteiger charge is 2.70. The van der Waals surface area contributed by atoms with E-state index >= 15 is 0 Å². The molecule has 2 aliphatic carbocycles. The van der Waals surface area contributed by atoms with E-state index in [4.69, 9.17) is 4.84 Å². The fourth-order valence-electron chi connectivity index (χ4n) is 6.68. The zero-order valence-corrected chi connectivity index (χ0v) is 17.6. The van der Waals surface area contributed by atoms with E-state index in [0.717, 1.165) is 28.8 Å². The Labute approximate surface area is 176 Å². The number of likely N-dealkylation sites (N-methyl/N-ethyl adjacent to an activating group) is 1. The molecule has 0 aromatic heterocycles. The summed E-state index contributed by atoms with van der Waals surface area (Å²) in [6.45, 7) is 5.32. The lowest BCUT2D eigenvalue weighted by Crippen LogP contribution is -2.49. The number of hydroxylamine groups is 2. The first kappa shape index (κ1) is 18.3. The van der Waals surface area contributed by atoms with Crippen LogP contribution in [0.5, 0.6) is 0 Å². The van der Waals surface area contributed by atoms with E-state index in [9.17, 15) is 9.59 Å². The predicted octanol–water partition coefficient (Wildman–Crippen LogP) is 3.63. The second-order valence-electron chi connectivity index (χ2n) is 9.82. The van der Waals surface area contributed by atoms with E-state index in [2.05, 4.69) is 32.0 Å². The molecule has 1 spiro atoms. The number of amides is 1. The van der Waals surface area contributed by atoms with Crippen LogP contribution in [-0.4, -0.2) is 30.4 Å². The van der Waals surface area contributed by atoms with Crippen molar-refractivity contribution in [3.8, 4) is 0 Å². The normalized spacial score (nSPS) is 33.6. The Hall–Kier alpha value is -2.50. The van der Waals surface area contributed by atoms with Crippen molar-refractivity contribution in [3.05, 3.63) is 65.2 Å². The average Bonchev–Trinajstić information content (AvgIpc) is 3.31. The molecule has 1 amide bonds. The largest absolute Gasteiger partial charge is 0.315 e. The highest BCUT2D eigenvalue weighted by atomic mass is 16.7. The minimum atomic E-state index is -0.816. The molecule has 2 heterocycles. The lowest BCUT2D eigenvalue weighted by atomic mass is 9.66. The SMILES string of the molecule is CN1C(=O)C2c3c1cccc3C13C(=O)C(CC1CON3Cc1ccccc1)C2(C)C. The van der Waals surface area contributed by atoms with Crippen LogP contribution < -0.4 is 4.90 Å². The zero-order valence-electron chi connectivity index (χ0n) is 17.6. The summed E-state index contributed by atoms with van der Waals surface area (Å²) in [6.07, 6.45) is 0.772. The monoisotopic (exact) mass is 402 g/mol. The second kappa shape index (κ2) is 5.80. The first-order chi connectivity index (χ1) is 14.4. The molecule has 2 aromatic carbocycles. The summed E-state index contributed by atoms with van der Waals surface area (Å²) in [6, 6.07) is 16.2. The molecule has 6 rings (SSSR count). The minimum Gasteiger partial charge on any atom is -0.315 e. The highest BCUT2D eigenvalue weighted by molar-refractivity contribution is 6.09. The average molecular weight is 402 g/mol. The molecular weight excluding hydrogens is 376 g/mol. The van der Waals surface area contributed by atoms with Crippen LogP contribution in [0, 0.1) is 17.3 Å². The third kappa shape index (κ3) is 1.95.